The van der Waals surface area contributed by atoms with Crippen molar-refractivity contribution < 1.29 is 4.79 Å². The van der Waals surface area contributed by atoms with Gasteiger partial charge in [0.15, 0.2) is 0 Å². The highest BCUT2D eigenvalue weighted by atomic mass is 16.1. The molecule has 0 aromatic carbocycles. The molecule has 1 N–H and O–H groups in total. The van der Waals surface area contributed by atoms with Gasteiger partial charge < -0.3 is 10.2 Å². The van der Waals surface area contributed by atoms with Crippen molar-refractivity contribution in [1.29, 1.82) is 5.26 Å². The summed E-state index contributed by atoms with van der Waals surface area (Å²) in [5.74, 6) is 1.45. The number of nitrogens with zero attached hydrogens (tertiary/aromatic N) is 3. The number of carbonyl (C=O) groups excluding carboxylic acids is 1. The van der Waals surface area contributed by atoms with Gasteiger partial charge in [-0.25, -0.2) is 4.98 Å². The summed E-state index contributed by atoms with van der Waals surface area (Å²) in [7, 11) is 0. The molecule has 5 heteroatoms. The molecule has 21 heavy (non-hydrogen) atoms. The smallest absolute Gasteiger partial charge is 0.222 e. The van der Waals surface area contributed by atoms with Crippen molar-refractivity contribution in [2.75, 3.05) is 24.5 Å². The molecule has 5 nitrogen and oxygen atoms in total. The van der Waals surface area contributed by atoms with Gasteiger partial charge in [0, 0.05) is 31.7 Å². The predicted octanol–water partition coefficient (Wildman–Crippen LogP) is 1.94. The molecule has 0 radical (unpaired) electrons. The Morgan fingerprint density at radius 1 is 1.52 bits per heavy atom. The molecular formula is C16H22N4O. The zero-order chi connectivity index (χ0) is 15.2. The predicted molar refractivity (Wildman–Crippen MR) is 81.7 cm³/mol. The minimum atomic E-state index is 0.0387. The Balaban J connectivity index is 1.86. The van der Waals surface area contributed by atoms with Crippen LogP contribution in [-0.2, 0) is 4.79 Å². The lowest BCUT2D eigenvalue weighted by Gasteiger charge is -2.33. The van der Waals surface area contributed by atoms with Crippen LogP contribution in [0, 0.1) is 23.2 Å². The fourth-order valence-corrected chi connectivity index (χ4v) is 2.53. The van der Waals surface area contributed by atoms with E-state index in [4.69, 9.17) is 5.26 Å². The molecule has 0 spiro atoms. The zero-order valence-electron chi connectivity index (χ0n) is 12.7. The van der Waals surface area contributed by atoms with Gasteiger partial charge in [-0.1, -0.05) is 13.8 Å². The first-order valence-electron chi connectivity index (χ1n) is 7.49. The number of aromatic nitrogens is 1. The van der Waals surface area contributed by atoms with E-state index in [0.717, 1.165) is 38.3 Å². The molecule has 1 aromatic heterocycles. The van der Waals surface area contributed by atoms with Gasteiger partial charge in [0.25, 0.3) is 0 Å². The minimum Gasteiger partial charge on any atom is -0.356 e. The fourth-order valence-electron chi connectivity index (χ4n) is 2.53. The van der Waals surface area contributed by atoms with Gasteiger partial charge in [0.05, 0.1) is 5.56 Å². The fraction of sp³-hybridized carbons (Fsp3) is 0.562. The highest BCUT2D eigenvalue weighted by Crippen LogP contribution is 2.23. The largest absolute Gasteiger partial charge is 0.356 e. The number of piperidine rings is 1. The van der Waals surface area contributed by atoms with Crippen LogP contribution in [-0.4, -0.2) is 30.5 Å². The molecule has 1 amide bonds. The van der Waals surface area contributed by atoms with Gasteiger partial charge in [-0.3, -0.25) is 4.79 Å². The van der Waals surface area contributed by atoms with Gasteiger partial charge in [-0.15, -0.1) is 0 Å². The lowest BCUT2D eigenvalue weighted by atomic mass is 9.96. The van der Waals surface area contributed by atoms with Crippen LogP contribution in [0.5, 0.6) is 0 Å². The molecule has 2 heterocycles. The third-order valence-electron chi connectivity index (χ3n) is 3.91. The molecule has 0 aliphatic carbocycles. The standard InChI is InChI=1S/C16H22N4O/c1-12(2)16(21)19-11-13-5-8-20(9-6-13)15-14(10-17)4-3-7-18-15/h3-4,7,12-13H,5-6,8-9,11H2,1-2H3,(H,19,21). The van der Waals surface area contributed by atoms with Gasteiger partial charge in [-0.05, 0) is 30.9 Å². The summed E-state index contributed by atoms with van der Waals surface area (Å²) in [5.41, 5.74) is 0.629. The van der Waals surface area contributed by atoms with E-state index >= 15 is 0 Å². The van der Waals surface area contributed by atoms with Crippen molar-refractivity contribution in [2.24, 2.45) is 11.8 Å². The van der Waals surface area contributed by atoms with Crippen LogP contribution >= 0.6 is 0 Å². The molecule has 0 saturated carbocycles. The molecule has 0 atom stereocenters. The highest BCUT2D eigenvalue weighted by Gasteiger charge is 2.22. The monoisotopic (exact) mass is 286 g/mol. The third-order valence-corrected chi connectivity index (χ3v) is 3.91. The number of anilines is 1. The van der Waals surface area contributed by atoms with Gasteiger partial charge in [-0.2, -0.15) is 5.26 Å². The van der Waals surface area contributed by atoms with E-state index in [1.165, 1.54) is 0 Å². The molecule has 1 saturated heterocycles. The van der Waals surface area contributed by atoms with Crippen LogP contribution in [0.1, 0.15) is 32.3 Å². The normalized spacial score (nSPS) is 15.8. The maximum absolute atomic E-state index is 11.6. The molecular weight excluding hydrogens is 264 g/mol. The maximum Gasteiger partial charge on any atom is 0.222 e. The van der Waals surface area contributed by atoms with Gasteiger partial charge in [0.2, 0.25) is 5.91 Å². The molecule has 112 valence electrons. The number of nitrogens with one attached hydrogen (secondary N) is 1. The van der Waals surface area contributed by atoms with E-state index in [2.05, 4.69) is 21.3 Å². The minimum absolute atomic E-state index is 0.0387. The number of carbonyl (C=O) groups is 1. The second kappa shape index (κ2) is 7.07. The third kappa shape index (κ3) is 3.94. The Morgan fingerprint density at radius 3 is 2.86 bits per heavy atom. The topological polar surface area (TPSA) is 69.0 Å². The molecule has 1 aromatic rings. The van der Waals surface area contributed by atoms with E-state index in [0.29, 0.717) is 11.5 Å². The van der Waals surface area contributed by atoms with Gasteiger partial charge in [0.1, 0.15) is 11.9 Å². The van der Waals surface area contributed by atoms with Crippen LogP contribution in [0.25, 0.3) is 0 Å². The van der Waals surface area contributed by atoms with Crippen molar-refractivity contribution in [2.45, 2.75) is 26.7 Å². The Bertz CT molecular complexity index is 527. The van der Waals surface area contributed by atoms with Crippen molar-refractivity contribution in [3.8, 4) is 6.07 Å². The molecule has 0 bridgehead atoms. The van der Waals surface area contributed by atoms with E-state index in [9.17, 15) is 4.79 Å². The lowest BCUT2D eigenvalue weighted by molar-refractivity contribution is -0.124. The van der Waals surface area contributed by atoms with E-state index in [-0.39, 0.29) is 11.8 Å². The molecule has 1 fully saturated rings. The molecule has 0 unspecified atom stereocenters. The van der Waals surface area contributed by atoms with Crippen LogP contribution in [0.4, 0.5) is 5.82 Å². The summed E-state index contributed by atoms with van der Waals surface area (Å²) in [5, 5.41) is 12.1. The number of nitriles is 1. The van der Waals surface area contributed by atoms with E-state index in [1.807, 2.05) is 13.8 Å². The van der Waals surface area contributed by atoms with Crippen molar-refractivity contribution in [3.05, 3.63) is 23.9 Å². The SMILES string of the molecule is CC(C)C(=O)NCC1CCN(c2ncccc2C#N)CC1. The summed E-state index contributed by atoms with van der Waals surface area (Å²) in [4.78, 5) is 18.1. The van der Waals surface area contributed by atoms with E-state index in [1.54, 1.807) is 18.3 Å². The average Bonchev–Trinajstić information content (AvgIpc) is 2.53. The van der Waals surface area contributed by atoms with Crippen molar-refractivity contribution >= 4 is 11.7 Å². The number of hydrogen-bond acceptors (Lipinski definition) is 4. The summed E-state index contributed by atoms with van der Waals surface area (Å²) in [6.07, 6.45) is 3.75. The van der Waals surface area contributed by atoms with Crippen molar-refractivity contribution in [1.82, 2.24) is 10.3 Å². The maximum atomic E-state index is 11.6. The Kier molecular flexibility index (Phi) is 5.15. The van der Waals surface area contributed by atoms with Crippen molar-refractivity contribution in [3.63, 3.8) is 0 Å². The zero-order valence-corrected chi connectivity index (χ0v) is 12.7. The molecule has 1 aliphatic heterocycles. The second-order valence-electron chi connectivity index (χ2n) is 5.82. The average molecular weight is 286 g/mol. The van der Waals surface area contributed by atoms with Gasteiger partial charge >= 0.3 is 0 Å². The summed E-state index contributed by atoms with van der Waals surface area (Å²) in [6.45, 7) is 6.32. The first-order valence-corrected chi connectivity index (χ1v) is 7.49. The second-order valence-corrected chi connectivity index (χ2v) is 5.82. The number of pyridine rings is 1. The summed E-state index contributed by atoms with van der Waals surface area (Å²) < 4.78 is 0. The van der Waals surface area contributed by atoms with Crippen LogP contribution < -0.4 is 10.2 Å². The Hall–Kier alpha value is -2.09. The summed E-state index contributed by atoms with van der Waals surface area (Å²) in [6, 6.07) is 5.79. The first-order chi connectivity index (χ1) is 10.1. The quantitative estimate of drug-likeness (QED) is 0.918. The lowest BCUT2D eigenvalue weighted by Crippen LogP contribution is -2.40. The van der Waals surface area contributed by atoms with Crippen LogP contribution in [0.3, 0.4) is 0 Å². The Morgan fingerprint density at radius 2 is 2.24 bits per heavy atom. The van der Waals surface area contributed by atoms with E-state index < -0.39 is 0 Å². The first kappa shape index (κ1) is 15.3. The Labute approximate surface area is 126 Å². The highest BCUT2D eigenvalue weighted by molar-refractivity contribution is 5.77. The number of rotatable bonds is 4. The van der Waals surface area contributed by atoms with Crippen LogP contribution in [0.15, 0.2) is 18.3 Å². The molecule has 1 aliphatic rings. The van der Waals surface area contributed by atoms with Crippen LogP contribution in [0.2, 0.25) is 0 Å². The summed E-state index contributed by atoms with van der Waals surface area (Å²) >= 11 is 0. The molecule has 2 rings (SSSR count). The number of amides is 1. The number of hydrogen-bond donors (Lipinski definition) is 1.